The fourth-order valence-electron chi connectivity index (χ4n) is 4.03. The molecule has 0 spiro atoms. The Morgan fingerprint density at radius 3 is 2.31 bits per heavy atom. The Labute approximate surface area is 208 Å². The van der Waals surface area contributed by atoms with Crippen LogP contribution >= 0.6 is 0 Å². The normalized spacial score (nSPS) is 15.9. The highest BCUT2D eigenvalue weighted by Gasteiger charge is 2.29. The van der Waals surface area contributed by atoms with Crippen molar-refractivity contribution in [3.05, 3.63) is 54.1 Å². The Balaban J connectivity index is 1.54. The van der Waals surface area contributed by atoms with Gasteiger partial charge in [0.2, 0.25) is 26.0 Å². The molecule has 1 amide bonds. The van der Waals surface area contributed by atoms with Crippen LogP contribution in [0, 0.1) is 6.92 Å². The quantitative estimate of drug-likeness (QED) is 0.479. The van der Waals surface area contributed by atoms with Crippen molar-refractivity contribution in [3.8, 4) is 5.75 Å². The van der Waals surface area contributed by atoms with Gasteiger partial charge in [-0.1, -0.05) is 18.6 Å². The van der Waals surface area contributed by atoms with Crippen LogP contribution in [0.15, 0.2) is 53.4 Å². The van der Waals surface area contributed by atoms with E-state index in [4.69, 9.17) is 4.74 Å². The number of piperidine rings is 1. The van der Waals surface area contributed by atoms with Crippen LogP contribution in [0.3, 0.4) is 0 Å². The van der Waals surface area contributed by atoms with Crippen molar-refractivity contribution in [2.45, 2.75) is 44.0 Å². The molecule has 1 N–H and O–H groups in total. The van der Waals surface area contributed by atoms with Gasteiger partial charge < -0.3 is 10.1 Å². The van der Waals surface area contributed by atoms with E-state index >= 15 is 0 Å². The van der Waals surface area contributed by atoms with Crippen LogP contribution < -0.4 is 14.4 Å². The summed E-state index contributed by atoms with van der Waals surface area (Å²) in [5.41, 5.74) is 1.30. The Hall–Kier alpha value is -2.63. The molecular weight excluding hydrogens is 490 g/mol. The predicted octanol–water partition coefficient (Wildman–Crippen LogP) is 2.52. The van der Waals surface area contributed by atoms with Gasteiger partial charge in [0.1, 0.15) is 18.4 Å². The van der Waals surface area contributed by atoms with Crippen LogP contribution in [0.25, 0.3) is 0 Å². The van der Waals surface area contributed by atoms with Crippen molar-refractivity contribution in [2.24, 2.45) is 0 Å². The highest BCUT2D eigenvalue weighted by Crippen LogP contribution is 2.23. The van der Waals surface area contributed by atoms with E-state index in [1.807, 2.05) is 13.0 Å². The molecule has 1 aliphatic heterocycles. The van der Waals surface area contributed by atoms with Gasteiger partial charge in [0.25, 0.3) is 0 Å². The molecule has 11 heteroatoms. The second-order valence-corrected chi connectivity index (χ2v) is 12.4. The van der Waals surface area contributed by atoms with Crippen molar-refractivity contribution < 1.29 is 26.4 Å². The Bertz CT molecular complexity index is 1220. The lowest BCUT2D eigenvalue weighted by Crippen LogP contribution is -2.48. The SMILES string of the molecule is Cc1cccc(N([C@@H](C)C(=O)NCCOc2ccc(S(=O)(=O)N3CCCCC3)cc2)S(C)(=O)=O)c1. The second kappa shape index (κ2) is 11.4. The number of nitrogens with zero attached hydrogens (tertiary/aromatic N) is 2. The molecule has 3 rings (SSSR count). The smallest absolute Gasteiger partial charge is 0.243 e. The molecule has 0 aromatic heterocycles. The van der Waals surface area contributed by atoms with Crippen molar-refractivity contribution in [1.29, 1.82) is 0 Å². The number of carbonyl (C=O) groups excluding carboxylic acids is 1. The summed E-state index contributed by atoms with van der Waals surface area (Å²) >= 11 is 0. The molecule has 0 bridgehead atoms. The van der Waals surface area contributed by atoms with E-state index in [0.29, 0.717) is 24.5 Å². The topological polar surface area (TPSA) is 113 Å². The van der Waals surface area contributed by atoms with Gasteiger partial charge >= 0.3 is 0 Å². The number of carbonyl (C=O) groups is 1. The number of benzene rings is 2. The summed E-state index contributed by atoms with van der Waals surface area (Å²) < 4.78 is 58.5. The van der Waals surface area contributed by atoms with Gasteiger partial charge in [0, 0.05) is 13.1 Å². The molecule has 0 unspecified atom stereocenters. The van der Waals surface area contributed by atoms with E-state index < -0.39 is 32.0 Å². The molecule has 1 fully saturated rings. The fourth-order valence-corrected chi connectivity index (χ4v) is 6.71. The number of hydrogen-bond donors (Lipinski definition) is 1. The summed E-state index contributed by atoms with van der Waals surface area (Å²) in [5.74, 6) is 0.0194. The van der Waals surface area contributed by atoms with E-state index in [1.165, 1.54) is 23.4 Å². The predicted molar refractivity (Wildman–Crippen MR) is 136 cm³/mol. The van der Waals surface area contributed by atoms with Crippen molar-refractivity contribution >= 4 is 31.6 Å². The van der Waals surface area contributed by atoms with Gasteiger partial charge in [0.15, 0.2) is 0 Å². The van der Waals surface area contributed by atoms with Gasteiger partial charge in [-0.05, 0) is 68.7 Å². The number of amides is 1. The zero-order valence-corrected chi connectivity index (χ0v) is 21.9. The van der Waals surface area contributed by atoms with E-state index in [-0.39, 0.29) is 18.0 Å². The van der Waals surface area contributed by atoms with E-state index in [1.54, 1.807) is 30.3 Å². The lowest BCUT2D eigenvalue weighted by Gasteiger charge is -2.28. The van der Waals surface area contributed by atoms with Crippen LogP contribution in [0.4, 0.5) is 5.69 Å². The summed E-state index contributed by atoms with van der Waals surface area (Å²) in [6, 6.07) is 12.2. The molecule has 0 radical (unpaired) electrons. The first kappa shape index (κ1) is 27.0. The molecule has 1 atom stereocenters. The van der Waals surface area contributed by atoms with Crippen molar-refractivity contribution in [1.82, 2.24) is 9.62 Å². The Morgan fingerprint density at radius 1 is 1.06 bits per heavy atom. The Kier molecular flexibility index (Phi) is 8.79. The minimum absolute atomic E-state index is 0.139. The van der Waals surface area contributed by atoms with Gasteiger partial charge in [-0.2, -0.15) is 4.31 Å². The minimum Gasteiger partial charge on any atom is -0.492 e. The maximum absolute atomic E-state index is 12.7. The van der Waals surface area contributed by atoms with Crippen molar-refractivity contribution in [2.75, 3.05) is 36.8 Å². The number of nitrogens with one attached hydrogen (secondary N) is 1. The summed E-state index contributed by atoms with van der Waals surface area (Å²) in [6.07, 6.45) is 3.86. The standard InChI is InChI=1S/C24H33N3O6S2/c1-19-8-7-9-21(18-19)27(34(3,29)30)20(2)24(28)25-14-17-33-22-10-12-23(13-11-22)35(31,32)26-15-5-4-6-16-26/h7-13,18,20H,4-6,14-17H2,1-3H3,(H,25,28)/t20-/m0/s1. The molecule has 0 aliphatic carbocycles. The zero-order valence-electron chi connectivity index (χ0n) is 20.3. The van der Waals surface area contributed by atoms with Crippen LogP contribution in [0.5, 0.6) is 5.75 Å². The first-order valence-electron chi connectivity index (χ1n) is 11.6. The lowest BCUT2D eigenvalue weighted by atomic mass is 10.2. The van der Waals surface area contributed by atoms with E-state index in [0.717, 1.165) is 35.4 Å². The number of rotatable bonds is 10. The number of aryl methyl sites for hydroxylation is 1. The van der Waals surface area contributed by atoms with Crippen LogP contribution in [0.2, 0.25) is 0 Å². The summed E-state index contributed by atoms with van der Waals surface area (Å²) in [5, 5.41) is 2.70. The molecule has 1 saturated heterocycles. The largest absolute Gasteiger partial charge is 0.492 e. The molecule has 35 heavy (non-hydrogen) atoms. The number of anilines is 1. The molecule has 192 valence electrons. The molecule has 2 aromatic carbocycles. The van der Waals surface area contributed by atoms with Crippen molar-refractivity contribution in [3.63, 3.8) is 0 Å². The third-order valence-electron chi connectivity index (χ3n) is 5.79. The van der Waals surface area contributed by atoms with Gasteiger partial charge in [-0.3, -0.25) is 9.10 Å². The summed E-state index contributed by atoms with van der Waals surface area (Å²) in [7, 11) is -7.19. The highest BCUT2D eigenvalue weighted by atomic mass is 32.2. The second-order valence-electron chi connectivity index (χ2n) is 8.65. The third-order valence-corrected chi connectivity index (χ3v) is 8.95. The first-order chi connectivity index (χ1) is 16.5. The van der Waals surface area contributed by atoms with E-state index in [2.05, 4.69) is 5.32 Å². The fraction of sp³-hybridized carbons (Fsp3) is 0.458. The highest BCUT2D eigenvalue weighted by molar-refractivity contribution is 7.92. The molecule has 1 aliphatic rings. The van der Waals surface area contributed by atoms with Gasteiger partial charge in [-0.25, -0.2) is 16.8 Å². The zero-order chi connectivity index (χ0) is 25.6. The van der Waals surface area contributed by atoms with Gasteiger partial charge in [0.05, 0.1) is 23.4 Å². The number of ether oxygens (including phenoxy) is 1. The van der Waals surface area contributed by atoms with Crippen LogP contribution in [-0.2, 0) is 24.8 Å². The maximum Gasteiger partial charge on any atom is 0.243 e. The average Bonchev–Trinajstić information content (AvgIpc) is 2.82. The van der Waals surface area contributed by atoms with Crippen LogP contribution in [0.1, 0.15) is 31.7 Å². The summed E-state index contributed by atoms with van der Waals surface area (Å²) in [6.45, 7) is 4.75. The van der Waals surface area contributed by atoms with E-state index in [9.17, 15) is 21.6 Å². The maximum atomic E-state index is 12.7. The van der Waals surface area contributed by atoms with Crippen LogP contribution in [-0.4, -0.2) is 65.6 Å². The number of sulfonamides is 2. The molecule has 1 heterocycles. The Morgan fingerprint density at radius 2 is 1.71 bits per heavy atom. The molecular formula is C24H33N3O6S2. The minimum atomic E-state index is -3.69. The summed E-state index contributed by atoms with van der Waals surface area (Å²) in [4.78, 5) is 12.9. The molecule has 0 saturated carbocycles. The third kappa shape index (κ3) is 6.96. The monoisotopic (exact) mass is 523 g/mol. The molecule has 2 aromatic rings. The lowest BCUT2D eigenvalue weighted by molar-refractivity contribution is -0.121. The molecule has 9 nitrogen and oxygen atoms in total. The average molecular weight is 524 g/mol. The number of hydrogen-bond acceptors (Lipinski definition) is 6. The first-order valence-corrected chi connectivity index (χ1v) is 14.9. The van der Waals surface area contributed by atoms with Gasteiger partial charge in [-0.15, -0.1) is 0 Å².